The number of benzene rings is 2. The van der Waals surface area contributed by atoms with Gasteiger partial charge in [0.2, 0.25) is 0 Å². The Kier molecular flexibility index (Phi) is 6.50. The molecule has 1 N–H and O–H groups in total. The highest BCUT2D eigenvalue weighted by Crippen LogP contribution is 2.34. The van der Waals surface area contributed by atoms with E-state index in [-0.39, 0.29) is 12.4 Å². The molecule has 6 heteroatoms. The molecule has 4 rings (SSSR count). The van der Waals surface area contributed by atoms with E-state index in [9.17, 15) is 0 Å². The molecule has 1 fully saturated rings. The quantitative estimate of drug-likeness (QED) is 0.755. The average Bonchev–Trinajstić information content (AvgIpc) is 3.38. The van der Waals surface area contributed by atoms with Crippen LogP contribution >= 0.6 is 12.4 Å². The number of hydrogen-bond acceptors (Lipinski definition) is 5. The molecule has 0 aromatic heterocycles. The van der Waals surface area contributed by atoms with Gasteiger partial charge in [-0.1, -0.05) is 12.1 Å². The van der Waals surface area contributed by atoms with Gasteiger partial charge in [0.15, 0.2) is 0 Å². The second kappa shape index (κ2) is 8.86. The van der Waals surface area contributed by atoms with Crippen LogP contribution in [0, 0.1) is 5.92 Å². The van der Waals surface area contributed by atoms with Crippen molar-refractivity contribution in [2.75, 3.05) is 32.8 Å². The Balaban J connectivity index is 0.00000225. The minimum Gasteiger partial charge on any atom is -0.497 e. The molecule has 150 valence electrons. The van der Waals surface area contributed by atoms with Crippen molar-refractivity contribution in [2.45, 2.75) is 19.4 Å². The number of halogens is 1. The normalized spacial score (nSPS) is 16.2. The minimum atomic E-state index is 0. The van der Waals surface area contributed by atoms with E-state index >= 15 is 0 Å². The summed E-state index contributed by atoms with van der Waals surface area (Å²) in [6.07, 6.45) is 4.84. The summed E-state index contributed by atoms with van der Waals surface area (Å²) in [5, 5.41) is 4.40. The number of anilines is 1. The minimum absolute atomic E-state index is 0. The van der Waals surface area contributed by atoms with Gasteiger partial charge in [0.1, 0.15) is 5.75 Å². The number of rotatable bonds is 7. The third kappa shape index (κ3) is 4.79. The molecule has 0 radical (unpaired) electrons. The summed E-state index contributed by atoms with van der Waals surface area (Å²) in [6, 6.07) is 17.0. The van der Waals surface area contributed by atoms with Gasteiger partial charge in [0.05, 0.1) is 18.5 Å². The smallest absolute Gasteiger partial charge is 0.118 e. The lowest BCUT2D eigenvalue weighted by atomic mass is 10.1. The van der Waals surface area contributed by atoms with Gasteiger partial charge in [0, 0.05) is 24.9 Å². The van der Waals surface area contributed by atoms with E-state index in [0.29, 0.717) is 0 Å². The fourth-order valence-corrected chi connectivity index (χ4v) is 3.40. The van der Waals surface area contributed by atoms with Crippen molar-refractivity contribution in [2.24, 2.45) is 5.92 Å². The number of ether oxygens (including phenoxy) is 1. The Hall–Kier alpha value is -2.21. The van der Waals surface area contributed by atoms with Crippen LogP contribution in [-0.4, -0.2) is 37.7 Å². The van der Waals surface area contributed by atoms with Crippen molar-refractivity contribution in [3.8, 4) is 5.75 Å². The fraction of sp³-hybridized carbons (Fsp3) is 0.364. The Morgan fingerprint density at radius 1 is 1.11 bits per heavy atom. The Bertz CT molecular complexity index is 818. The van der Waals surface area contributed by atoms with Gasteiger partial charge in [-0.25, -0.2) is 0 Å². The molecule has 0 amide bonds. The summed E-state index contributed by atoms with van der Waals surface area (Å²) >= 11 is 0. The van der Waals surface area contributed by atoms with E-state index in [1.54, 1.807) is 7.11 Å². The molecule has 5 nitrogen and oxygen atoms in total. The van der Waals surface area contributed by atoms with Gasteiger partial charge >= 0.3 is 0 Å². The maximum atomic E-state index is 5.31. The summed E-state index contributed by atoms with van der Waals surface area (Å²) in [5.41, 5.74) is 8.41. The lowest BCUT2D eigenvalue weighted by molar-refractivity contribution is 0.299. The summed E-state index contributed by atoms with van der Waals surface area (Å²) in [6.45, 7) is 1.97. The molecule has 1 aliphatic heterocycles. The Labute approximate surface area is 173 Å². The zero-order chi connectivity index (χ0) is 18.8. The van der Waals surface area contributed by atoms with Crippen molar-refractivity contribution >= 4 is 23.8 Å². The zero-order valence-corrected chi connectivity index (χ0v) is 17.6. The van der Waals surface area contributed by atoms with Crippen LogP contribution in [0.1, 0.15) is 24.0 Å². The lowest BCUT2D eigenvalue weighted by Crippen LogP contribution is -2.41. The van der Waals surface area contributed by atoms with Gasteiger partial charge in [-0.05, 0) is 74.8 Å². The van der Waals surface area contributed by atoms with Crippen molar-refractivity contribution < 1.29 is 4.74 Å². The van der Waals surface area contributed by atoms with E-state index < -0.39 is 0 Å². The van der Waals surface area contributed by atoms with Crippen molar-refractivity contribution in [3.63, 3.8) is 0 Å². The summed E-state index contributed by atoms with van der Waals surface area (Å²) in [5.74, 6) is 1.67. The van der Waals surface area contributed by atoms with Crippen LogP contribution in [0.3, 0.4) is 0 Å². The third-order valence-corrected chi connectivity index (χ3v) is 4.98. The molecule has 0 bridgehead atoms. The zero-order valence-electron chi connectivity index (χ0n) is 16.8. The van der Waals surface area contributed by atoms with Crippen molar-refractivity contribution in [1.82, 2.24) is 15.4 Å². The number of hydrazine groups is 2. The molecule has 0 atom stereocenters. The topological polar surface area (TPSA) is 31.0 Å². The Morgan fingerprint density at radius 3 is 2.50 bits per heavy atom. The largest absolute Gasteiger partial charge is 0.497 e. The van der Waals surface area contributed by atoms with E-state index in [2.05, 4.69) is 77.1 Å². The molecule has 0 saturated heterocycles. The predicted octanol–water partition coefficient (Wildman–Crippen LogP) is 4.13. The molecule has 1 aliphatic carbocycles. The highest BCUT2D eigenvalue weighted by Gasteiger charge is 2.30. The second-order valence-corrected chi connectivity index (χ2v) is 7.67. The highest BCUT2D eigenvalue weighted by atomic mass is 35.5. The van der Waals surface area contributed by atoms with Crippen LogP contribution < -0.4 is 15.3 Å². The maximum absolute atomic E-state index is 5.31. The maximum Gasteiger partial charge on any atom is 0.118 e. The van der Waals surface area contributed by atoms with Crippen LogP contribution in [0.5, 0.6) is 5.75 Å². The summed E-state index contributed by atoms with van der Waals surface area (Å²) in [7, 11) is 5.90. The fourth-order valence-electron chi connectivity index (χ4n) is 3.40. The van der Waals surface area contributed by atoms with Crippen LogP contribution in [0.25, 0.3) is 5.70 Å². The molecule has 2 aliphatic rings. The van der Waals surface area contributed by atoms with Crippen LogP contribution in [0.2, 0.25) is 0 Å². The first-order valence-corrected chi connectivity index (χ1v) is 9.55. The van der Waals surface area contributed by atoms with Gasteiger partial charge in [-0.15, -0.1) is 17.9 Å². The molecule has 2 aromatic rings. The second-order valence-electron chi connectivity index (χ2n) is 7.67. The van der Waals surface area contributed by atoms with Crippen LogP contribution in [0.15, 0.2) is 54.7 Å². The van der Waals surface area contributed by atoms with E-state index in [1.165, 1.54) is 29.7 Å². The molecule has 2 aromatic carbocycles. The standard InChI is InChI=1S/C22H28N4O.ClH/c1-24(2)14-18-5-4-6-20(13-18)25-16-22(26(23-25)15-17-7-8-17)19-9-11-21(27-3)12-10-19;/h4-6,9-13,16-17,23H,7-8,14-15H2,1-3H3;1H. The summed E-state index contributed by atoms with van der Waals surface area (Å²) in [4.78, 5) is 2.19. The number of nitrogens with zero attached hydrogens (tertiary/aromatic N) is 3. The first kappa shape index (κ1) is 20.5. The summed E-state index contributed by atoms with van der Waals surface area (Å²) < 4.78 is 5.31. The van der Waals surface area contributed by atoms with Gasteiger partial charge < -0.3 is 9.64 Å². The molecular formula is C22H29ClN4O. The molecule has 28 heavy (non-hydrogen) atoms. The molecule has 0 spiro atoms. The highest BCUT2D eigenvalue weighted by molar-refractivity contribution is 5.85. The van der Waals surface area contributed by atoms with Crippen molar-refractivity contribution in [3.05, 3.63) is 65.9 Å². The monoisotopic (exact) mass is 400 g/mol. The van der Waals surface area contributed by atoms with Crippen LogP contribution in [0.4, 0.5) is 5.69 Å². The molecule has 1 saturated carbocycles. The average molecular weight is 401 g/mol. The van der Waals surface area contributed by atoms with Crippen molar-refractivity contribution in [1.29, 1.82) is 0 Å². The first-order valence-electron chi connectivity index (χ1n) is 9.55. The predicted molar refractivity (Wildman–Crippen MR) is 117 cm³/mol. The van der Waals surface area contributed by atoms with Crippen LogP contribution in [-0.2, 0) is 6.54 Å². The Morgan fingerprint density at radius 2 is 1.86 bits per heavy atom. The SMILES string of the molecule is COc1ccc(C2=CN(c3cccc(CN(C)C)c3)NN2CC2CC2)cc1.Cl. The van der Waals surface area contributed by atoms with E-state index in [1.807, 2.05) is 12.1 Å². The molecule has 1 heterocycles. The van der Waals surface area contributed by atoms with Gasteiger partial charge in [0.25, 0.3) is 0 Å². The van der Waals surface area contributed by atoms with Gasteiger partial charge in [-0.2, -0.15) is 0 Å². The number of methoxy groups -OCH3 is 1. The van der Waals surface area contributed by atoms with E-state index in [4.69, 9.17) is 4.74 Å². The third-order valence-electron chi connectivity index (χ3n) is 4.98. The van der Waals surface area contributed by atoms with E-state index in [0.717, 1.165) is 30.4 Å². The van der Waals surface area contributed by atoms with Gasteiger partial charge in [-0.3, -0.25) is 10.0 Å². The number of nitrogens with one attached hydrogen (secondary N) is 1. The first-order chi connectivity index (χ1) is 13.1. The lowest BCUT2D eigenvalue weighted by Gasteiger charge is -2.25. The molecular weight excluding hydrogens is 372 g/mol. The molecule has 0 unspecified atom stereocenters. The number of hydrogen-bond donors (Lipinski definition) is 1.